The van der Waals surface area contributed by atoms with Crippen LogP contribution in [0.5, 0.6) is 5.75 Å². The molecule has 1 N–H and O–H groups in total. The lowest BCUT2D eigenvalue weighted by Crippen LogP contribution is -2.55. The van der Waals surface area contributed by atoms with E-state index in [1.807, 2.05) is 32.9 Å². The van der Waals surface area contributed by atoms with Gasteiger partial charge in [0.05, 0.1) is 24.9 Å². The van der Waals surface area contributed by atoms with Crippen LogP contribution in [-0.2, 0) is 9.47 Å². The van der Waals surface area contributed by atoms with Gasteiger partial charge >= 0.3 is 12.2 Å². The zero-order valence-corrected chi connectivity index (χ0v) is 27.2. The summed E-state index contributed by atoms with van der Waals surface area (Å²) in [6, 6.07) is 10.0. The molecule has 1 aromatic heterocycles. The second-order valence-electron chi connectivity index (χ2n) is 13.0. The van der Waals surface area contributed by atoms with Crippen LogP contribution in [0.3, 0.4) is 0 Å². The van der Waals surface area contributed by atoms with E-state index in [4.69, 9.17) is 14.2 Å². The van der Waals surface area contributed by atoms with Crippen LogP contribution in [0.25, 0.3) is 10.9 Å². The predicted octanol–water partition coefficient (Wildman–Crippen LogP) is 7.57. The Hall–Kier alpha value is -4.08. The maximum Gasteiger partial charge on any atom is 0.415 e. The molecule has 2 aliphatic rings. The van der Waals surface area contributed by atoms with Crippen molar-refractivity contribution in [3.8, 4) is 5.75 Å². The Bertz CT molecular complexity index is 1550. The Morgan fingerprint density at radius 2 is 2.00 bits per heavy atom. The summed E-state index contributed by atoms with van der Waals surface area (Å²) in [6.45, 7) is 15.4. The summed E-state index contributed by atoms with van der Waals surface area (Å²) in [6.07, 6.45) is 3.07. The number of likely N-dealkylation sites (tertiary alicyclic amines) is 1. The Kier molecular flexibility index (Phi) is 8.64. The Labute approximate surface area is 260 Å². The maximum atomic E-state index is 13.6. The van der Waals surface area contributed by atoms with Gasteiger partial charge in [-0.3, -0.25) is 4.90 Å². The lowest BCUT2D eigenvalue weighted by atomic mass is 9.79. The molecule has 3 unspecified atom stereocenters. The highest BCUT2D eigenvalue weighted by molar-refractivity contribution is 6.00. The number of fused-ring (bicyclic) bond motifs is 1. The van der Waals surface area contributed by atoms with E-state index in [1.165, 1.54) is 17.5 Å². The zero-order valence-electron chi connectivity index (χ0n) is 27.2. The highest BCUT2D eigenvalue weighted by atomic mass is 16.6. The van der Waals surface area contributed by atoms with Crippen molar-refractivity contribution in [2.24, 2.45) is 5.92 Å². The molecule has 10 nitrogen and oxygen atoms in total. The summed E-state index contributed by atoms with van der Waals surface area (Å²) in [5.74, 6) is 1.55. The highest BCUT2D eigenvalue weighted by Gasteiger charge is 2.54. The van der Waals surface area contributed by atoms with Crippen LogP contribution in [0.1, 0.15) is 77.8 Å². The number of methoxy groups -OCH3 is 1. The van der Waals surface area contributed by atoms with Gasteiger partial charge in [-0.1, -0.05) is 32.9 Å². The summed E-state index contributed by atoms with van der Waals surface area (Å²) in [5.41, 5.74) is 3.42. The van der Waals surface area contributed by atoms with Crippen molar-refractivity contribution in [3.05, 3.63) is 47.8 Å². The molecule has 2 saturated heterocycles. The highest BCUT2D eigenvalue weighted by Crippen LogP contribution is 2.44. The van der Waals surface area contributed by atoms with Crippen molar-refractivity contribution >= 4 is 40.3 Å². The van der Waals surface area contributed by atoms with E-state index in [0.717, 1.165) is 23.9 Å². The van der Waals surface area contributed by atoms with Crippen molar-refractivity contribution in [2.75, 3.05) is 37.0 Å². The number of rotatable bonds is 7. The topological polar surface area (TPSA) is 106 Å². The largest absolute Gasteiger partial charge is 0.494 e. The smallest absolute Gasteiger partial charge is 0.415 e. The molecular weight excluding hydrogens is 558 g/mol. The Morgan fingerprint density at radius 1 is 1.23 bits per heavy atom. The van der Waals surface area contributed by atoms with Gasteiger partial charge in [-0.05, 0) is 69.7 Å². The lowest BCUT2D eigenvalue weighted by molar-refractivity contribution is -0.0546. The van der Waals surface area contributed by atoms with E-state index < -0.39 is 17.3 Å². The number of hydrogen-bond donors (Lipinski definition) is 1. The molecule has 2 amide bonds. The van der Waals surface area contributed by atoms with E-state index in [1.54, 1.807) is 16.9 Å². The van der Waals surface area contributed by atoms with Gasteiger partial charge in [-0.25, -0.2) is 19.6 Å². The molecule has 2 aromatic carbocycles. The first-order valence-corrected chi connectivity index (χ1v) is 15.6. The van der Waals surface area contributed by atoms with Crippen LogP contribution in [0, 0.1) is 12.8 Å². The van der Waals surface area contributed by atoms with Gasteiger partial charge in [0, 0.05) is 42.6 Å². The van der Waals surface area contributed by atoms with Gasteiger partial charge < -0.3 is 24.4 Å². The second kappa shape index (κ2) is 12.1. The third kappa shape index (κ3) is 5.99. The first-order valence-electron chi connectivity index (χ1n) is 15.6. The molecule has 3 heterocycles. The van der Waals surface area contributed by atoms with Gasteiger partial charge in [0.25, 0.3) is 0 Å². The summed E-state index contributed by atoms with van der Waals surface area (Å²) in [5, 5.41) is 4.29. The number of aromatic nitrogens is 2. The molecule has 2 aliphatic heterocycles. The number of carbonyl (C=O) groups is 2. The molecule has 236 valence electrons. The standard InChI is InChI=1S/C34H45N5O5/c1-9-21(3)24-12-11-13-26(22(24)4)37-30-25-16-28(29(42-8)17-27(25)35-20-36-30)39-19-34(44-32(39)41)14-15-38(18-23(34)10-2)31(40)43-33(5,6)7/h11-13,16-17,20-21,23H,9-10,14-15,18-19H2,1-8H3,(H,35,36,37). The number of nitrogens with one attached hydrogen (secondary N) is 1. The first-order chi connectivity index (χ1) is 20.9. The van der Waals surface area contributed by atoms with Crippen LogP contribution in [0.2, 0.25) is 0 Å². The minimum atomic E-state index is -0.730. The molecule has 0 saturated carbocycles. The molecule has 2 fully saturated rings. The molecule has 0 radical (unpaired) electrons. The van der Waals surface area contributed by atoms with E-state index in [2.05, 4.69) is 61.2 Å². The van der Waals surface area contributed by atoms with Gasteiger partial charge in [-0.15, -0.1) is 0 Å². The number of nitrogens with zero attached hydrogens (tertiary/aromatic N) is 4. The molecular formula is C34H45N5O5. The van der Waals surface area contributed by atoms with Crippen molar-refractivity contribution < 1.29 is 23.8 Å². The number of amides is 2. The van der Waals surface area contributed by atoms with E-state index in [9.17, 15) is 9.59 Å². The van der Waals surface area contributed by atoms with Gasteiger partial charge in [0.15, 0.2) is 0 Å². The number of piperidine rings is 1. The number of ether oxygens (including phenoxy) is 3. The zero-order chi connectivity index (χ0) is 31.8. The summed E-state index contributed by atoms with van der Waals surface area (Å²) < 4.78 is 17.6. The SMILES string of the molecule is CCC(C)c1cccc(Nc2ncnc3cc(OC)c(N4CC5(CCN(C(=O)OC(C)(C)C)CC5CC)OC4=O)cc23)c1C. The van der Waals surface area contributed by atoms with Crippen molar-refractivity contribution in [1.29, 1.82) is 0 Å². The first kappa shape index (κ1) is 31.3. The molecule has 10 heteroatoms. The fraction of sp³-hybridized carbons (Fsp3) is 0.529. The minimum absolute atomic E-state index is 0.0505. The Morgan fingerprint density at radius 3 is 2.68 bits per heavy atom. The summed E-state index contributed by atoms with van der Waals surface area (Å²) in [7, 11) is 1.58. The van der Waals surface area contributed by atoms with E-state index in [-0.39, 0.29) is 12.0 Å². The molecule has 44 heavy (non-hydrogen) atoms. The van der Waals surface area contributed by atoms with E-state index >= 15 is 0 Å². The number of anilines is 3. The third-order valence-corrected chi connectivity index (χ3v) is 9.07. The minimum Gasteiger partial charge on any atom is -0.494 e. The number of benzene rings is 2. The van der Waals surface area contributed by atoms with Crippen LogP contribution >= 0.6 is 0 Å². The lowest BCUT2D eigenvalue weighted by Gasteiger charge is -2.43. The second-order valence-corrected chi connectivity index (χ2v) is 13.0. The fourth-order valence-electron chi connectivity index (χ4n) is 6.38. The molecule has 3 atom stereocenters. The van der Waals surface area contributed by atoms with Gasteiger partial charge in [-0.2, -0.15) is 0 Å². The molecule has 0 aliphatic carbocycles. The molecule has 3 aromatic rings. The monoisotopic (exact) mass is 603 g/mol. The average molecular weight is 604 g/mol. The van der Waals surface area contributed by atoms with Crippen LogP contribution < -0.4 is 15.0 Å². The maximum absolute atomic E-state index is 13.6. The van der Waals surface area contributed by atoms with Crippen LogP contribution in [0.4, 0.5) is 26.8 Å². The predicted molar refractivity (Wildman–Crippen MR) is 172 cm³/mol. The van der Waals surface area contributed by atoms with Gasteiger partial charge in [0.1, 0.15) is 29.1 Å². The summed E-state index contributed by atoms with van der Waals surface area (Å²) in [4.78, 5) is 38.9. The Balaban J connectivity index is 1.46. The third-order valence-electron chi connectivity index (χ3n) is 9.07. The van der Waals surface area contributed by atoms with Gasteiger partial charge in [0.2, 0.25) is 0 Å². The summed E-state index contributed by atoms with van der Waals surface area (Å²) >= 11 is 0. The molecule has 5 rings (SSSR count). The van der Waals surface area contributed by atoms with Crippen LogP contribution in [0.15, 0.2) is 36.7 Å². The van der Waals surface area contributed by atoms with Crippen molar-refractivity contribution in [3.63, 3.8) is 0 Å². The number of carbonyl (C=O) groups excluding carboxylic acids is 2. The van der Waals surface area contributed by atoms with Crippen molar-refractivity contribution in [2.45, 2.75) is 84.8 Å². The molecule has 1 spiro atoms. The quantitative estimate of drug-likeness (QED) is 0.295. The molecule has 0 bridgehead atoms. The fourth-order valence-corrected chi connectivity index (χ4v) is 6.38. The van der Waals surface area contributed by atoms with E-state index in [0.29, 0.717) is 54.7 Å². The normalized spacial score (nSPS) is 21.0. The number of hydrogen-bond acceptors (Lipinski definition) is 8. The van der Waals surface area contributed by atoms with Crippen molar-refractivity contribution in [1.82, 2.24) is 14.9 Å². The van der Waals surface area contributed by atoms with Crippen LogP contribution in [-0.4, -0.2) is 65.0 Å². The average Bonchev–Trinajstić information content (AvgIpc) is 3.32.